The van der Waals surface area contributed by atoms with Gasteiger partial charge < -0.3 is 5.32 Å². The second-order valence-corrected chi connectivity index (χ2v) is 3.31. The van der Waals surface area contributed by atoms with Gasteiger partial charge in [-0.3, -0.25) is 0 Å². The Morgan fingerprint density at radius 3 is 2.64 bits per heavy atom. The molecule has 0 saturated carbocycles. The Labute approximate surface area is 69.9 Å². The van der Waals surface area contributed by atoms with Gasteiger partial charge in [-0.1, -0.05) is 19.1 Å². The summed E-state index contributed by atoms with van der Waals surface area (Å²) in [6, 6.07) is 0. The minimum absolute atomic E-state index is 0.957. The van der Waals surface area contributed by atoms with Crippen LogP contribution in [0.25, 0.3) is 0 Å². The van der Waals surface area contributed by atoms with E-state index in [0.29, 0.717) is 0 Å². The lowest BCUT2D eigenvalue weighted by Gasteiger charge is -2.20. The average molecular weight is 153 g/mol. The highest BCUT2D eigenvalue weighted by Crippen LogP contribution is 2.15. The molecule has 1 N–H and O–H groups in total. The van der Waals surface area contributed by atoms with E-state index in [0.717, 1.165) is 5.92 Å². The molecule has 0 aromatic heterocycles. The topological polar surface area (TPSA) is 12.0 Å². The molecule has 1 heteroatoms. The van der Waals surface area contributed by atoms with Crippen LogP contribution in [0.2, 0.25) is 0 Å². The monoisotopic (exact) mass is 153 g/mol. The van der Waals surface area contributed by atoms with Gasteiger partial charge in [-0.15, -0.1) is 0 Å². The van der Waals surface area contributed by atoms with Crippen LogP contribution in [-0.2, 0) is 0 Å². The van der Waals surface area contributed by atoms with E-state index < -0.39 is 0 Å². The number of hydrogen-bond donors (Lipinski definition) is 1. The van der Waals surface area contributed by atoms with Crippen molar-refractivity contribution in [1.29, 1.82) is 0 Å². The standard InChI is InChI=1S/C10H19N/c1-2-3-4-5-10-6-8-11-9-7-10/h3-4,10-11H,2,5-9H2,1H3/b4-3+. The summed E-state index contributed by atoms with van der Waals surface area (Å²) in [6.45, 7) is 4.65. The summed E-state index contributed by atoms with van der Waals surface area (Å²) < 4.78 is 0. The lowest BCUT2D eigenvalue weighted by molar-refractivity contribution is 0.377. The highest BCUT2D eigenvalue weighted by Gasteiger charge is 2.10. The third-order valence-corrected chi connectivity index (χ3v) is 2.33. The Morgan fingerprint density at radius 2 is 2.00 bits per heavy atom. The van der Waals surface area contributed by atoms with Gasteiger partial charge in [-0.2, -0.15) is 0 Å². The lowest BCUT2D eigenvalue weighted by atomic mass is 9.94. The van der Waals surface area contributed by atoms with Gasteiger partial charge in [-0.05, 0) is 44.7 Å². The van der Waals surface area contributed by atoms with Crippen molar-refractivity contribution in [3.63, 3.8) is 0 Å². The lowest BCUT2D eigenvalue weighted by Crippen LogP contribution is -2.27. The minimum Gasteiger partial charge on any atom is -0.317 e. The molecule has 1 nitrogen and oxygen atoms in total. The van der Waals surface area contributed by atoms with Crippen LogP contribution in [-0.4, -0.2) is 13.1 Å². The number of piperidine rings is 1. The molecule has 0 spiro atoms. The number of nitrogens with one attached hydrogen (secondary N) is 1. The first-order chi connectivity index (χ1) is 5.43. The highest BCUT2D eigenvalue weighted by molar-refractivity contribution is 4.84. The first-order valence-corrected chi connectivity index (χ1v) is 4.79. The molecule has 64 valence electrons. The molecule has 1 fully saturated rings. The van der Waals surface area contributed by atoms with Gasteiger partial charge in [0, 0.05) is 0 Å². The Bertz CT molecular complexity index is 112. The van der Waals surface area contributed by atoms with Crippen LogP contribution in [0.4, 0.5) is 0 Å². The summed E-state index contributed by atoms with van der Waals surface area (Å²) in [5.41, 5.74) is 0. The van der Waals surface area contributed by atoms with Crippen LogP contribution >= 0.6 is 0 Å². The average Bonchev–Trinajstić information content (AvgIpc) is 2.07. The van der Waals surface area contributed by atoms with E-state index >= 15 is 0 Å². The number of hydrogen-bond acceptors (Lipinski definition) is 1. The predicted octanol–water partition coefficient (Wildman–Crippen LogP) is 2.34. The van der Waals surface area contributed by atoms with Gasteiger partial charge in [0.15, 0.2) is 0 Å². The van der Waals surface area contributed by atoms with Crippen LogP contribution < -0.4 is 5.32 Å². The van der Waals surface area contributed by atoms with Crippen molar-refractivity contribution in [3.8, 4) is 0 Å². The molecule has 0 bridgehead atoms. The second kappa shape index (κ2) is 5.36. The number of allylic oxidation sites excluding steroid dienone is 2. The third-order valence-electron chi connectivity index (χ3n) is 2.33. The molecule has 1 saturated heterocycles. The van der Waals surface area contributed by atoms with Gasteiger partial charge in [0.05, 0.1) is 0 Å². The van der Waals surface area contributed by atoms with E-state index in [1.807, 2.05) is 0 Å². The number of rotatable bonds is 3. The summed E-state index contributed by atoms with van der Waals surface area (Å²) in [5.74, 6) is 0.957. The summed E-state index contributed by atoms with van der Waals surface area (Å²) in [5, 5.41) is 3.38. The normalized spacial score (nSPS) is 21.2. The molecular weight excluding hydrogens is 134 g/mol. The molecule has 0 aliphatic carbocycles. The molecule has 0 atom stereocenters. The molecule has 0 aromatic rings. The zero-order valence-corrected chi connectivity index (χ0v) is 7.47. The minimum atomic E-state index is 0.957. The first-order valence-electron chi connectivity index (χ1n) is 4.79. The van der Waals surface area contributed by atoms with Crippen molar-refractivity contribution in [2.24, 2.45) is 5.92 Å². The predicted molar refractivity (Wildman–Crippen MR) is 49.6 cm³/mol. The fourth-order valence-corrected chi connectivity index (χ4v) is 1.57. The van der Waals surface area contributed by atoms with Crippen molar-refractivity contribution >= 4 is 0 Å². The third kappa shape index (κ3) is 3.57. The Kier molecular flexibility index (Phi) is 4.29. The zero-order valence-electron chi connectivity index (χ0n) is 7.47. The summed E-state index contributed by atoms with van der Waals surface area (Å²) in [4.78, 5) is 0. The SMILES string of the molecule is CC/C=C/CC1CCNCC1. The van der Waals surface area contributed by atoms with Gasteiger partial charge >= 0.3 is 0 Å². The van der Waals surface area contributed by atoms with Crippen molar-refractivity contribution < 1.29 is 0 Å². The van der Waals surface area contributed by atoms with E-state index in [2.05, 4.69) is 24.4 Å². The molecule has 1 aliphatic heterocycles. The summed E-state index contributed by atoms with van der Waals surface area (Å²) in [6.07, 6.45) is 9.85. The fourth-order valence-electron chi connectivity index (χ4n) is 1.57. The first kappa shape index (κ1) is 8.79. The van der Waals surface area contributed by atoms with E-state index in [9.17, 15) is 0 Å². The summed E-state index contributed by atoms with van der Waals surface area (Å²) >= 11 is 0. The Hall–Kier alpha value is -0.300. The Morgan fingerprint density at radius 1 is 1.27 bits per heavy atom. The second-order valence-electron chi connectivity index (χ2n) is 3.31. The largest absolute Gasteiger partial charge is 0.317 e. The van der Waals surface area contributed by atoms with E-state index in [-0.39, 0.29) is 0 Å². The van der Waals surface area contributed by atoms with E-state index in [1.165, 1.54) is 38.8 Å². The van der Waals surface area contributed by atoms with Crippen molar-refractivity contribution in [3.05, 3.63) is 12.2 Å². The zero-order chi connectivity index (χ0) is 7.94. The summed E-state index contributed by atoms with van der Waals surface area (Å²) in [7, 11) is 0. The van der Waals surface area contributed by atoms with Gasteiger partial charge in [-0.25, -0.2) is 0 Å². The quantitative estimate of drug-likeness (QED) is 0.614. The molecule has 1 heterocycles. The van der Waals surface area contributed by atoms with Gasteiger partial charge in [0.1, 0.15) is 0 Å². The molecule has 0 radical (unpaired) electrons. The molecular formula is C10H19N. The smallest absolute Gasteiger partial charge is 0.00462 e. The Balaban J connectivity index is 2.09. The van der Waals surface area contributed by atoms with Crippen molar-refractivity contribution in [1.82, 2.24) is 5.32 Å². The van der Waals surface area contributed by atoms with Crippen LogP contribution in [0.5, 0.6) is 0 Å². The highest BCUT2D eigenvalue weighted by atomic mass is 14.9. The van der Waals surface area contributed by atoms with Crippen molar-refractivity contribution in [2.45, 2.75) is 32.6 Å². The molecule has 1 rings (SSSR count). The molecule has 0 unspecified atom stereocenters. The fraction of sp³-hybridized carbons (Fsp3) is 0.800. The molecule has 1 aliphatic rings. The van der Waals surface area contributed by atoms with Crippen LogP contribution in [0.1, 0.15) is 32.6 Å². The molecule has 11 heavy (non-hydrogen) atoms. The molecule has 0 amide bonds. The van der Waals surface area contributed by atoms with Crippen LogP contribution in [0.3, 0.4) is 0 Å². The van der Waals surface area contributed by atoms with E-state index in [1.54, 1.807) is 0 Å². The van der Waals surface area contributed by atoms with Crippen molar-refractivity contribution in [2.75, 3.05) is 13.1 Å². The van der Waals surface area contributed by atoms with E-state index in [4.69, 9.17) is 0 Å². The van der Waals surface area contributed by atoms with Gasteiger partial charge in [0.25, 0.3) is 0 Å². The maximum absolute atomic E-state index is 3.38. The van der Waals surface area contributed by atoms with Gasteiger partial charge in [0.2, 0.25) is 0 Å². The molecule has 0 aromatic carbocycles. The maximum atomic E-state index is 3.38. The van der Waals surface area contributed by atoms with Crippen LogP contribution in [0.15, 0.2) is 12.2 Å². The maximum Gasteiger partial charge on any atom is -0.00462 e. The van der Waals surface area contributed by atoms with Crippen LogP contribution in [0, 0.1) is 5.92 Å².